The molecule has 0 saturated carbocycles. The zero-order valence-electron chi connectivity index (χ0n) is 26.5. The van der Waals surface area contributed by atoms with Crippen LogP contribution in [0.1, 0.15) is 89.4 Å². The van der Waals surface area contributed by atoms with Crippen LogP contribution in [0.4, 0.5) is 8.78 Å². The first-order valence-electron chi connectivity index (χ1n) is 15.7. The number of aryl methyl sites for hydroxylation is 2. The van der Waals surface area contributed by atoms with Crippen LogP contribution in [0, 0.1) is 18.6 Å². The molecule has 0 heterocycles. The van der Waals surface area contributed by atoms with Gasteiger partial charge >= 0.3 is 5.97 Å². The molecule has 0 fully saturated rings. The van der Waals surface area contributed by atoms with E-state index in [1.54, 1.807) is 18.2 Å². The fourth-order valence-electron chi connectivity index (χ4n) is 5.16. The summed E-state index contributed by atoms with van der Waals surface area (Å²) in [6, 6.07) is 15.8. The number of hydrogen-bond donors (Lipinski definition) is 2. The van der Waals surface area contributed by atoms with Crippen LogP contribution in [0.15, 0.2) is 60.7 Å². The van der Waals surface area contributed by atoms with E-state index in [9.17, 15) is 18.4 Å². The van der Waals surface area contributed by atoms with Crippen molar-refractivity contribution >= 4 is 11.9 Å². The van der Waals surface area contributed by atoms with Gasteiger partial charge in [-0.1, -0.05) is 57.9 Å². The van der Waals surface area contributed by atoms with Crippen LogP contribution in [0.5, 0.6) is 0 Å². The number of carbonyl (C=O) groups is 2. The van der Waals surface area contributed by atoms with Gasteiger partial charge in [-0.05, 0) is 85.2 Å². The van der Waals surface area contributed by atoms with E-state index in [0.29, 0.717) is 30.8 Å². The van der Waals surface area contributed by atoms with Crippen LogP contribution < -0.4 is 11.1 Å². The van der Waals surface area contributed by atoms with Crippen LogP contribution in [-0.2, 0) is 24.1 Å². The largest absolute Gasteiger partial charge is 0.456 e. The summed E-state index contributed by atoms with van der Waals surface area (Å²) in [4.78, 5) is 28.9. The van der Waals surface area contributed by atoms with E-state index in [-0.39, 0.29) is 24.4 Å². The van der Waals surface area contributed by atoms with Gasteiger partial charge in [0.1, 0.15) is 17.7 Å². The molecule has 0 aliphatic carbocycles. The number of ether oxygens (including phenoxy) is 1. The maximum atomic E-state index is 13.9. The molecule has 1 amide bonds. The summed E-state index contributed by atoms with van der Waals surface area (Å²) < 4.78 is 33.7. The second-order valence-corrected chi connectivity index (χ2v) is 11.5. The second-order valence-electron chi connectivity index (χ2n) is 11.5. The molecule has 0 saturated heterocycles. The fraction of sp³-hybridized carbons (Fsp3) is 0.444. The van der Waals surface area contributed by atoms with Gasteiger partial charge in [0.2, 0.25) is 0 Å². The Morgan fingerprint density at radius 1 is 0.864 bits per heavy atom. The molecule has 6 nitrogen and oxygen atoms in total. The molecular weight excluding hydrogens is 560 g/mol. The highest BCUT2D eigenvalue weighted by atomic mass is 19.1. The van der Waals surface area contributed by atoms with Crippen LogP contribution in [0.3, 0.4) is 0 Å². The average molecular weight is 608 g/mol. The molecule has 44 heavy (non-hydrogen) atoms. The molecule has 0 unspecified atom stereocenters. The van der Waals surface area contributed by atoms with Crippen LogP contribution in [-0.4, -0.2) is 48.6 Å². The molecule has 3 N–H and O–H groups in total. The number of carbonyl (C=O) groups excluding carboxylic acids is 2. The second kappa shape index (κ2) is 17.6. The third-order valence-corrected chi connectivity index (χ3v) is 7.61. The smallest absolute Gasteiger partial charge is 0.338 e. The highest BCUT2D eigenvalue weighted by molar-refractivity contribution is 5.98. The molecule has 238 valence electrons. The zero-order valence-corrected chi connectivity index (χ0v) is 26.5. The number of nitrogens with zero attached hydrogens (tertiary/aromatic N) is 1. The molecule has 3 rings (SSSR count). The Balaban J connectivity index is 1.81. The van der Waals surface area contributed by atoms with Gasteiger partial charge in [0, 0.05) is 43.9 Å². The number of rotatable bonds is 17. The highest BCUT2D eigenvalue weighted by Gasteiger charge is 2.25. The third-order valence-electron chi connectivity index (χ3n) is 7.61. The van der Waals surface area contributed by atoms with Crippen LogP contribution in [0.25, 0.3) is 0 Å². The van der Waals surface area contributed by atoms with Crippen molar-refractivity contribution in [1.29, 1.82) is 0 Å². The van der Waals surface area contributed by atoms with Crippen molar-refractivity contribution in [3.8, 4) is 0 Å². The van der Waals surface area contributed by atoms with Gasteiger partial charge in [0.25, 0.3) is 5.91 Å². The van der Waals surface area contributed by atoms with E-state index in [0.717, 1.165) is 49.3 Å². The summed E-state index contributed by atoms with van der Waals surface area (Å²) in [5.74, 6) is -2.11. The van der Waals surface area contributed by atoms with Crippen LogP contribution >= 0.6 is 0 Å². The lowest BCUT2D eigenvalue weighted by molar-refractivity contribution is 0.0238. The Bertz CT molecular complexity index is 1350. The summed E-state index contributed by atoms with van der Waals surface area (Å²) >= 11 is 0. The van der Waals surface area contributed by atoms with Crippen molar-refractivity contribution in [3.05, 3.63) is 106 Å². The number of esters is 1. The van der Waals surface area contributed by atoms with Gasteiger partial charge in [-0.15, -0.1) is 0 Å². The minimum Gasteiger partial charge on any atom is -0.456 e. The molecule has 3 aromatic carbocycles. The summed E-state index contributed by atoms with van der Waals surface area (Å²) in [5.41, 5.74) is 10.6. The summed E-state index contributed by atoms with van der Waals surface area (Å²) in [6.45, 7) is 10.2. The number of nitrogens with one attached hydrogen (secondary N) is 1. The first-order chi connectivity index (χ1) is 21.1. The normalized spacial score (nSPS) is 12.5. The number of hydrogen-bond acceptors (Lipinski definition) is 5. The lowest BCUT2D eigenvalue weighted by Gasteiger charge is -2.25. The van der Waals surface area contributed by atoms with Gasteiger partial charge in [-0.25, -0.2) is 13.6 Å². The van der Waals surface area contributed by atoms with E-state index >= 15 is 0 Å². The topological polar surface area (TPSA) is 84.7 Å². The van der Waals surface area contributed by atoms with E-state index in [1.165, 1.54) is 17.7 Å². The minimum atomic E-state index is -0.812. The first-order valence-corrected chi connectivity index (χ1v) is 15.7. The van der Waals surface area contributed by atoms with Crippen molar-refractivity contribution in [2.45, 2.75) is 84.9 Å². The molecule has 0 spiro atoms. The monoisotopic (exact) mass is 607 g/mol. The highest BCUT2D eigenvalue weighted by Crippen LogP contribution is 2.18. The fourth-order valence-corrected chi connectivity index (χ4v) is 5.16. The first kappa shape index (κ1) is 34.9. The third kappa shape index (κ3) is 10.8. The van der Waals surface area contributed by atoms with Crippen molar-refractivity contribution < 1.29 is 23.1 Å². The van der Waals surface area contributed by atoms with Gasteiger partial charge < -0.3 is 20.7 Å². The number of benzene rings is 3. The van der Waals surface area contributed by atoms with E-state index in [2.05, 4.69) is 38.2 Å². The lowest BCUT2D eigenvalue weighted by atomic mass is 10.0. The Kier molecular flexibility index (Phi) is 14.0. The van der Waals surface area contributed by atoms with E-state index in [1.807, 2.05) is 24.0 Å². The predicted molar refractivity (Wildman–Crippen MR) is 172 cm³/mol. The summed E-state index contributed by atoms with van der Waals surface area (Å²) in [7, 11) is 0. The maximum absolute atomic E-state index is 13.9. The molecule has 0 aromatic heterocycles. The van der Waals surface area contributed by atoms with Crippen molar-refractivity contribution in [2.75, 3.05) is 19.6 Å². The van der Waals surface area contributed by atoms with Crippen molar-refractivity contribution in [1.82, 2.24) is 10.2 Å². The average Bonchev–Trinajstić information content (AvgIpc) is 2.99. The zero-order chi connectivity index (χ0) is 32.1. The van der Waals surface area contributed by atoms with Crippen molar-refractivity contribution in [2.24, 2.45) is 5.73 Å². The number of amides is 1. The Morgan fingerprint density at radius 2 is 1.50 bits per heavy atom. The van der Waals surface area contributed by atoms with E-state index in [4.69, 9.17) is 10.5 Å². The van der Waals surface area contributed by atoms with Gasteiger partial charge in [-0.3, -0.25) is 4.79 Å². The Hall–Kier alpha value is -3.62. The Morgan fingerprint density at radius 3 is 2.14 bits per heavy atom. The van der Waals surface area contributed by atoms with Gasteiger partial charge in [0.05, 0.1) is 5.56 Å². The SMILES string of the molecule is CCCCN(CCCC)C(=O)c1cc(C)cc(C(=O)O[C@H](CNCc2cccc(CC)c2)[C@@H](N)Cc2cc(F)cc(F)c2)c1. The molecule has 2 atom stereocenters. The molecule has 0 radical (unpaired) electrons. The van der Waals surface area contributed by atoms with Gasteiger partial charge in [-0.2, -0.15) is 0 Å². The minimum absolute atomic E-state index is 0.0982. The molecule has 0 bridgehead atoms. The van der Waals surface area contributed by atoms with E-state index < -0.39 is 29.7 Å². The summed E-state index contributed by atoms with van der Waals surface area (Å²) in [6.07, 6.45) is 3.96. The number of nitrogens with two attached hydrogens (primary N) is 1. The maximum Gasteiger partial charge on any atom is 0.338 e. The molecule has 8 heteroatoms. The summed E-state index contributed by atoms with van der Waals surface area (Å²) in [5, 5.41) is 3.33. The van der Waals surface area contributed by atoms with Gasteiger partial charge in [0.15, 0.2) is 0 Å². The standard InChI is InChI=1S/C36H47F2N3O3/c1-5-8-13-41(14-9-6-2)35(42)29-15-25(4)16-30(21-29)36(43)44-34(24-40-23-27-12-10-11-26(7-3)17-27)33(39)20-28-18-31(37)22-32(38)19-28/h10-12,15-19,21-22,33-34,40H,5-9,13-14,20,23-24,39H2,1-4H3/t33-,34+/m0/s1. The number of halogens is 2. The predicted octanol–water partition coefficient (Wildman–Crippen LogP) is 6.76. The molecule has 0 aliphatic heterocycles. The molecule has 3 aromatic rings. The number of unbranched alkanes of at least 4 members (excludes halogenated alkanes) is 2. The van der Waals surface area contributed by atoms with Crippen molar-refractivity contribution in [3.63, 3.8) is 0 Å². The molecule has 0 aliphatic rings. The quantitative estimate of drug-likeness (QED) is 0.166. The lowest BCUT2D eigenvalue weighted by Crippen LogP contribution is -2.46. The Labute approximate surface area is 261 Å². The molecular formula is C36H47F2N3O3. The van der Waals surface area contributed by atoms with Crippen LogP contribution in [0.2, 0.25) is 0 Å².